The van der Waals surface area contributed by atoms with Crippen molar-refractivity contribution >= 4 is 34.7 Å². The van der Waals surface area contributed by atoms with Gasteiger partial charge in [-0.1, -0.05) is 39.0 Å². The van der Waals surface area contributed by atoms with Crippen LogP contribution in [0.3, 0.4) is 0 Å². The monoisotopic (exact) mass is 452 g/mol. The van der Waals surface area contributed by atoms with Gasteiger partial charge in [-0.25, -0.2) is 9.59 Å². The van der Waals surface area contributed by atoms with Crippen LogP contribution in [0, 0.1) is 5.92 Å². The van der Waals surface area contributed by atoms with Crippen LogP contribution in [0.5, 0.6) is 0 Å². The Morgan fingerprint density at radius 1 is 1.24 bits per heavy atom. The highest BCUT2D eigenvalue weighted by molar-refractivity contribution is 6.08. The van der Waals surface area contributed by atoms with Crippen molar-refractivity contribution in [3.05, 3.63) is 41.6 Å². The largest absolute Gasteiger partial charge is 0.452 e. The van der Waals surface area contributed by atoms with Crippen molar-refractivity contribution in [2.75, 3.05) is 6.61 Å². The van der Waals surface area contributed by atoms with E-state index in [0.717, 1.165) is 18.5 Å². The number of hydrazine groups is 1. The second-order valence-electron chi connectivity index (χ2n) is 9.21. The summed E-state index contributed by atoms with van der Waals surface area (Å²) in [5.74, 6) is -1.33. The van der Waals surface area contributed by atoms with Crippen LogP contribution >= 0.6 is 0 Å². The first-order valence-electron chi connectivity index (χ1n) is 11.2. The van der Waals surface area contributed by atoms with E-state index in [1.165, 1.54) is 0 Å². The Morgan fingerprint density at radius 2 is 1.94 bits per heavy atom. The maximum absolute atomic E-state index is 12.9. The normalized spacial score (nSPS) is 22.7. The number of nitrogens with zero attached hydrogens (tertiary/aromatic N) is 2. The van der Waals surface area contributed by atoms with E-state index >= 15 is 0 Å². The Bertz CT molecular complexity index is 1120. The van der Waals surface area contributed by atoms with Crippen molar-refractivity contribution in [2.24, 2.45) is 5.92 Å². The average molecular weight is 453 g/mol. The highest BCUT2D eigenvalue weighted by Crippen LogP contribution is 2.35. The Kier molecular flexibility index (Phi) is 6.05. The number of hydrogen-bond donors (Lipinski definition) is 2. The van der Waals surface area contributed by atoms with Gasteiger partial charge in [-0.05, 0) is 49.7 Å². The number of benzene rings is 1. The molecule has 1 aromatic heterocycles. The molecule has 2 N–H and O–H groups in total. The SMILES string of the molecule is CC1CCC2(CC1)NC(=O)N(NC(=O)COC(=O)c1cc(C(C)C)nc3ccccc13)C2=O. The number of hydrogen-bond acceptors (Lipinski definition) is 6. The molecule has 0 radical (unpaired) electrons. The van der Waals surface area contributed by atoms with Crippen molar-refractivity contribution in [3.63, 3.8) is 0 Å². The lowest BCUT2D eigenvalue weighted by Crippen LogP contribution is -2.52. The summed E-state index contributed by atoms with van der Waals surface area (Å²) in [6, 6.07) is 8.20. The lowest BCUT2D eigenvalue weighted by Gasteiger charge is -2.33. The van der Waals surface area contributed by atoms with Crippen molar-refractivity contribution in [1.29, 1.82) is 0 Å². The first-order chi connectivity index (χ1) is 15.7. The minimum absolute atomic E-state index is 0.0965. The molecule has 2 fully saturated rings. The zero-order chi connectivity index (χ0) is 23.8. The number of urea groups is 1. The number of fused-ring (bicyclic) bond motifs is 1. The molecule has 1 saturated carbocycles. The van der Waals surface area contributed by atoms with Crippen LogP contribution in [-0.4, -0.2) is 46.0 Å². The Hall–Kier alpha value is -3.49. The molecule has 2 aromatic rings. The molecule has 1 aromatic carbocycles. The number of imide groups is 1. The van der Waals surface area contributed by atoms with E-state index < -0.39 is 36.0 Å². The predicted molar refractivity (Wildman–Crippen MR) is 120 cm³/mol. The zero-order valence-corrected chi connectivity index (χ0v) is 19.0. The van der Waals surface area contributed by atoms with Gasteiger partial charge in [0.25, 0.3) is 11.8 Å². The van der Waals surface area contributed by atoms with Gasteiger partial charge in [-0.3, -0.25) is 20.0 Å². The summed E-state index contributed by atoms with van der Waals surface area (Å²) in [7, 11) is 0. The quantitative estimate of drug-likeness (QED) is 0.532. The fourth-order valence-corrected chi connectivity index (χ4v) is 4.34. The van der Waals surface area contributed by atoms with Crippen LogP contribution in [0.2, 0.25) is 0 Å². The number of ether oxygens (including phenoxy) is 1. The van der Waals surface area contributed by atoms with Crippen LogP contribution in [0.15, 0.2) is 30.3 Å². The smallest absolute Gasteiger partial charge is 0.344 e. The van der Waals surface area contributed by atoms with Crippen LogP contribution in [-0.2, 0) is 14.3 Å². The molecular weight excluding hydrogens is 424 g/mol. The molecule has 9 heteroatoms. The van der Waals surface area contributed by atoms with Crippen molar-refractivity contribution in [2.45, 2.75) is 57.9 Å². The third-order valence-corrected chi connectivity index (χ3v) is 6.41. The summed E-state index contributed by atoms with van der Waals surface area (Å²) in [6.45, 7) is 5.42. The number of nitrogens with one attached hydrogen (secondary N) is 2. The summed E-state index contributed by atoms with van der Waals surface area (Å²) < 4.78 is 5.22. The summed E-state index contributed by atoms with van der Waals surface area (Å²) in [5.41, 5.74) is 3.02. The maximum atomic E-state index is 12.9. The van der Waals surface area contributed by atoms with Gasteiger partial charge >= 0.3 is 12.0 Å². The van der Waals surface area contributed by atoms with E-state index in [1.54, 1.807) is 18.2 Å². The van der Waals surface area contributed by atoms with Gasteiger partial charge in [-0.2, -0.15) is 5.01 Å². The Labute approximate surface area is 191 Å². The van der Waals surface area contributed by atoms with Crippen LogP contribution < -0.4 is 10.7 Å². The van der Waals surface area contributed by atoms with Gasteiger partial charge in [0.2, 0.25) is 0 Å². The zero-order valence-electron chi connectivity index (χ0n) is 19.0. The summed E-state index contributed by atoms with van der Waals surface area (Å²) >= 11 is 0. The van der Waals surface area contributed by atoms with Gasteiger partial charge in [0.15, 0.2) is 6.61 Å². The Balaban J connectivity index is 1.42. The molecule has 1 saturated heterocycles. The molecular formula is C24H28N4O5. The minimum atomic E-state index is -0.962. The second-order valence-corrected chi connectivity index (χ2v) is 9.21. The van der Waals surface area contributed by atoms with Crippen molar-refractivity contribution in [1.82, 2.24) is 20.7 Å². The summed E-state index contributed by atoms with van der Waals surface area (Å²) in [4.78, 5) is 55.0. The van der Waals surface area contributed by atoms with Crippen LogP contribution in [0.4, 0.5) is 4.79 Å². The lowest BCUT2D eigenvalue weighted by molar-refractivity contribution is -0.141. The van der Waals surface area contributed by atoms with Gasteiger partial charge in [-0.15, -0.1) is 0 Å². The van der Waals surface area contributed by atoms with Gasteiger partial charge in [0, 0.05) is 11.1 Å². The summed E-state index contributed by atoms with van der Waals surface area (Å²) in [6.07, 6.45) is 2.72. The molecule has 1 spiro atoms. The average Bonchev–Trinajstić information content (AvgIpc) is 3.02. The van der Waals surface area contributed by atoms with Crippen molar-refractivity contribution in [3.8, 4) is 0 Å². The molecule has 9 nitrogen and oxygen atoms in total. The molecule has 0 bridgehead atoms. The molecule has 4 rings (SSSR count). The molecule has 33 heavy (non-hydrogen) atoms. The number of aromatic nitrogens is 1. The number of carbonyl (C=O) groups is 4. The number of esters is 1. The van der Waals surface area contributed by atoms with Gasteiger partial charge in [0.1, 0.15) is 5.54 Å². The van der Waals surface area contributed by atoms with E-state index in [0.29, 0.717) is 40.2 Å². The van der Waals surface area contributed by atoms with Gasteiger partial charge in [0.05, 0.1) is 11.1 Å². The van der Waals surface area contributed by atoms with Gasteiger partial charge < -0.3 is 10.1 Å². The lowest BCUT2D eigenvalue weighted by atomic mass is 9.77. The van der Waals surface area contributed by atoms with E-state index in [9.17, 15) is 19.2 Å². The standard InChI is InChI=1S/C24H28N4O5/c1-14(2)19-12-17(16-6-4-5-7-18(16)25-19)21(30)33-13-20(29)27-28-22(31)24(26-23(28)32)10-8-15(3)9-11-24/h4-7,12,14-15H,8-11,13H2,1-3H3,(H,26,32)(H,27,29). The molecule has 0 unspecified atom stereocenters. The Morgan fingerprint density at radius 3 is 2.64 bits per heavy atom. The number of rotatable bonds is 5. The molecule has 4 amide bonds. The highest BCUT2D eigenvalue weighted by Gasteiger charge is 2.52. The highest BCUT2D eigenvalue weighted by atomic mass is 16.5. The number of amides is 4. The van der Waals surface area contributed by atoms with Crippen LogP contribution in [0.1, 0.15) is 68.4 Å². The van der Waals surface area contributed by atoms with E-state index in [4.69, 9.17) is 4.74 Å². The van der Waals surface area contributed by atoms with Crippen molar-refractivity contribution < 1.29 is 23.9 Å². The topological polar surface area (TPSA) is 118 Å². The van der Waals surface area contributed by atoms with E-state index in [-0.39, 0.29) is 5.92 Å². The minimum Gasteiger partial charge on any atom is -0.452 e. The molecule has 2 heterocycles. The first-order valence-corrected chi connectivity index (χ1v) is 11.2. The molecule has 1 aliphatic heterocycles. The van der Waals surface area contributed by atoms with E-state index in [2.05, 4.69) is 22.7 Å². The molecule has 0 atom stereocenters. The maximum Gasteiger partial charge on any atom is 0.344 e. The fourth-order valence-electron chi connectivity index (χ4n) is 4.34. The third-order valence-electron chi connectivity index (χ3n) is 6.41. The fraction of sp³-hybridized carbons (Fsp3) is 0.458. The second kappa shape index (κ2) is 8.80. The van der Waals surface area contributed by atoms with Crippen LogP contribution in [0.25, 0.3) is 10.9 Å². The molecule has 174 valence electrons. The molecule has 1 aliphatic carbocycles. The number of pyridine rings is 1. The number of carbonyl (C=O) groups excluding carboxylic acids is 4. The first kappa shape index (κ1) is 22.7. The third kappa shape index (κ3) is 4.40. The number of para-hydroxylation sites is 1. The predicted octanol–water partition coefficient (Wildman–Crippen LogP) is 3.05. The summed E-state index contributed by atoms with van der Waals surface area (Å²) in [5, 5.41) is 4.05. The van der Waals surface area contributed by atoms with E-state index in [1.807, 2.05) is 26.0 Å². The molecule has 2 aliphatic rings.